The number of aryl methyl sites for hydroxylation is 1. The molecule has 1 aliphatic heterocycles. The molecular weight excluding hydrogens is 366 g/mol. The Balaban J connectivity index is 1.48. The fourth-order valence-corrected chi connectivity index (χ4v) is 4.48. The minimum atomic E-state index is -0.215. The van der Waals surface area contributed by atoms with E-state index in [1.165, 1.54) is 5.56 Å². The van der Waals surface area contributed by atoms with Crippen LogP contribution in [0.1, 0.15) is 55.0 Å². The fourth-order valence-electron chi connectivity index (χ4n) is 4.48. The zero-order chi connectivity index (χ0) is 20.2. The van der Waals surface area contributed by atoms with Crippen molar-refractivity contribution in [3.05, 3.63) is 59.5 Å². The molecule has 29 heavy (non-hydrogen) atoms. The van der Waals surface area contributed by atoms with Crippen molar-refractivity contribution in [2.75, 3.05) is 13.2 Å². The van der Waals surface area contributed by atoms with Crippen molar-refractivity contribution in [1.82, 2.24) is 10.3 Å². The molecule has 0 bridgehead atoms. The minimum absolute atomic E-state index is 0.0526. The summed E-state index contributed by atoms with van der Waals surface area (Å²) in [5.41, 5.74) is 3.13. The number of hydrogen-bond donors (Lipinski definition) is 2. The van der Waals surface area contributed by atoms with Crippen LogP contribution < -0.4 is 5.32 Å². The highest BCUT2D eigenvalue weighted by Crippen LogP contribution is 2.33. The van der Waals surface area contributed by atoms with Crippen molar-refractivity contribution in [1.29, 1.82) is 0 Å². The number of nitrogens with zero attached hydrogens (tertiary/aromatic N) is 2. The van der Waals surface area contributed by atoms with E-state index in [-0.39, 0.29) is 31.1 Å². The van der Waals surface area contributed by atoms with Crippen LogP contribution in [0.5, 0.6) is 0 Å². The molecule has 1 saturated carbocycles. The second kappa shape index (κ2) is 8.93. The molecule has 1 fully saturated rings. The maximum atomic E-state index is 13.1. The molecule has 0 saturated heterocycles. The predicted molar refractivity (Wildman–Crippen MR) is 111 cm³/mol. The van der Waals surface area contributed by atoms with Crippen molar-refractivity contribution in [2.45, 2.75) is 51.1 Å². The van der Waals surface area contributed by atoms with Crippen LogP contribution in [-0.4, -0.2) is 40.9 Å². The van der Waals surface area contributed by atoms with Gasteiger partial charge in [-0.15, -0.1) is 0 Å². The monoisotopic (exact) mass is 395 g/mol. The number of amides is 1. The third kappa shape index (κ3) is 4.43. The average Bonchev–Trinajstić information content (AvgIpc) is 3.47. The number of rotatable bonds is 7. The Morgan fingerprint density at radius 2 is 2.10 bits per heavy atom. The molecule has 6 nitrogen and oxygen atoms in total. The zero-order valence-corrected chi connectivity index (χ0v) is 16.9. The van der Waals surface area contributed by atoms with Gasteiger partial charge in [0.25, 0.3) is 5.91 Å². The van der Waals surface area contributed by atoms with E-state index in [4.69, 9.17) is 4.42 Å². The van der Waals surface area contributed by atoms with Gasteiger partial charge in [-0.3, -0.25) is 4.79 Å². The quantitative estimate of drug-likeness (QED) is 0.753. The second-order valence-electron chi connectivity index (χ2n) is 8.08. The van der Waals surface area contributed by atoms with Crippen molar-refractivity contribution in [3.8, 4) is 0 Å². The SMILES string of the molecule is Cc1ccc(C2=NN(C(=O)CN[C@@H]3CCC[C@H]3CCO)[C@@H](c3ccco3)C2)cc1. The first kappa shape index (κ1) is 19.9. The maximum Gasteiger partial charge on any atom is 0.257 e. The molecule has 3 atom stereocenters. The third-order valence-corrected chi connectivity index (χ3v) is 6.10. The molecule has 2 aromatic rings. The molecular formula is C23H29N3O3. The van der Waals surface area contributed by atoms with E-state index >= 15 is 0 Å². The molecule has 4 rings (SSSR count). The summed E-state index contributed by atoms with van der Waals surface area (Å²) in [6.45, 7) is 2.50. The highest BCUT2D eigenvalue weighted by molar-refractivity contribution is 6.03. The highest BCUT2D eigenvalue weighted by Gasteiger charge is 2.35. The number of carbonyl (C=O) groups excluding carboxylic acids is 1. The number of hydrogen-bond acceptors (Lipinski definition) is 5. The van der Waals surface area contributed by atoms with Crippen LogP contribution in [0.2, 0.25) is 0 Å². The largest absolute Gasteiger partial charge is 0.467 e. The average molecular weight is 396 g/mol. The molecule has 0 spiro atoms. The van der Waals surface area contributed by atoms with Gasteiger partial charge in [0.05, 0.1) is 18.5 Å². The number of nitrogens with one attached hydrogen (secondary N) is 1. The Bertz CT molecular complexity index is 845. The Hall–Kier alpha value is -2.44. The Labute approximate surface area is 171 Å². The van der Waals surface area contributed by atoms with Crippen molar-refractivity contribution >= 4 is 11.6 Å². The number of hydrazone groups is 1. The van der Waals surface area contributed by atoms with Crippen molar-refractivity contribution in [3.63, 3.8) is 0 Å². The first-order chi connectivity index (χ1) is 14.2. The van der Waals surface area contributed by atoms with Crippen LogP contribution >= 0.6 is 0 Å². The summed E-state index contributed by atoms with van der Waals surface area (Å²) in [5.74, 6) is 1.14. The molecule has 6 heteroatoms. The lowest BCUT2D eigenvalue weighted by Crippen LogP contribution is -2.41. The molecule has 1 aromatic heterocycles. The van der Waals surface area contributed by atoms with E-state index in [1.807, 2.05) is 12.1 Å². The number of benzene rings is 1. The lowest BCUT2D eigenvalue weighted by molar-refractivity contribution is -0.132. The predicted octanol–water partition coefficient (Wildman–Crippen LogP) is 3.41. The summed E-state index contributed by atoms with van der Waals surface area (Å²) in [6, 6.07) is 12.1. The van der Waals surface area contributed by atoms with Gasteiger partial charge in [0.1, 0.15) is 11.8 Å². The number of aliphatic hydroxyl groups is 1. The van der Waals surface area contributed by atoms with Gasteiger partial charge in [-0.25, -0.2) is 5.01 Å². The number of aliphatic hydroxyl groups excluding tert-OH is 1. The highest BCUT2D eigenvalue weighted by atomic mass is 16.3. The van der Waals surface area contributed by atoms with E-state index in [2.05, 4.69) is 41.6 Å². The normalized spacial score (nSPS) is 24.1. The summed E-state index contributed by atoms with van der Waals surface area (Å²) < 4.78 is 5.61. The van der Waals surface area contributed by atoms with Gasteiger partial charge < -0.3 is 14.8 Å². The first-order valence-corrected chi connectivity index (χ1v) is 10.5. The molecule has 0 unspecified atom stereocenters. The molecule has 2 N–H and O–H groups in total. The van der Waals surface area contributed by atoms with Gasteiger partial charge in [-0.05, 0) is 49.8 Å². The molecule has 1 amide bonds. The van der Waals surface area contributed by atoms with E-state index in [9.17, 15) is 9.90 Å². The molecule has 0 radical (unpaired) electrons. The summed E-state index contributed by atoms with van der Waals surface area (Å²) in [5, 5.41) is 18.9. The first-order valence-electron chi connectivity index (χ1n) is 10.5. The topological polar surface area (TPSA) is 78.1 Å². The van der Waals surface area contributed by atoms with Crippen LogP contribution in [0, 0.1) is 12.8 Å². The fraction of sp³-hybridized carbons (Fsp3) is 0.478. The number of furan rings is 1. The molecule has 1 aromatic carbocycles. The zero-order valence-electron chi connectivity index (χ0n) is 16.9. The molecule has 154 valence electrons. The molecule has 2 heterocycles. The summed E-state index contributed by atoms with van der Waals surface area (Å²) in [4.78, 5) is 13.1. The van der Waals surface area contributed by atoms with Crippen LogP contribution in [0.4, 0.5) is 0 Å². The molecule has 2 aliphatic rings. The van der Waals surface area contributed by atoms with E-state index < -0.39 is 0 Å². The summed E-state index contributed by atoms with van der Waals surface area (Å²) in [6.07, 6.45) is 6.38. The van der Waals surface area contributed by atoms with E-state index in [1.54, 1.807) is 11.3 Å². The lowest BCUT2D eigenvalue weighted by Gasteiger charge is -2.23. The van der Waals surface area contributed by atoms with Crippen LogP contribution in [0.15, 0.2) is 52.2 Å². The third-order valence-electron chi connectivity index (χ3n) is 6.10. The van der Waals surface area contributed by atoms with Gasteiger partial charge in [0.15, 0.2) is 0 Å². The van der Waals surface area contributed by atoms with E-state index in [0.29, 0.717) is 12.3 Å². The number of carbonyl (C=O) groups is 1. The van der Waals surface area contributed by atoms with Gasteiger partial charge in [-0.1, -0.05) is 36.2 Å². The molecule has 1 aliphatic carbocycles. The van der Waals surface area contributed by atoms with E-state index in [0.717, 1.165) is 42.7 Å². The van der Waals surface area contributed by atoms with Gasteiger partial charge >= 0.3 is 0 Å². The van der Waals surface area contributed by atoms with Gasteiger partial charge in [0, 0.05) is 19.1 Å². The Morgan fingerprint density at radius 3 is 2.83 bits per heavy atom. The van der Waals surface area contributed by atoms with Gasteiger partial charge in [0.2, 0.25) is 0 Å². The minimum Gasteiger partial charge on any atom is -0.467 e. The van der Waals surface area contributed by atoms with Crippen molar-refractivity contribution in [2.24, 2.45) is 11.0 Å². The lowest BCUT2D eigenvalue weighted by atomic mass is 10.00. The van der Waals surface area contributed by atoms with Crippen LogP contribution in [-0.2, 0) is 4.79 Å². The summed E-state index contributed by atoms with van der Waals surface area (Å²) >= 11 is 0. The maximum absolute atomic E-state index is 13.1. The smallest absolute Gasteiger partial charge is 0.257 e. The van der Waals surface area contributed by atoms with Crippen LogP contribution in [0.3, 0.4) is 0 Å². The second-order valence-corrected chi connectivity index (χ2v) is 8.08. The van der Waals surface area contributed by atoms with Crippen LogP contribution in [0.25, 0.3) is 0 Å². The Kier molecular flexibility index (Phi) is 6.11. The summed E-state index contributed by atoms with van der Waals surface area (Å²) in [7, 11) is 0. The Morgan fingerprint density at radius 1 is 1.28 bits per heavy atom. The standard InChI is InChI=1S/C23H29N3O3/c1-16-7-9-18(10-8-16)20-14-21(22-6-3-13-29-22)26(25-20)23(28)15-24-19-5-2-4-17(19)11-12-27/h3,6-10,13,17,19,21,24,27H,2,4-5,11-12,14-15H2,1H3/t17-,19+,21+/m0/s1. The van der Waals surface area contributed by atoms with Gasteiger partial charge in [-0.2, -0.15) is 5.10 Å². The van der Waals surface area contributed by atoms with Crippen molar-refractivity contribution < 1.29 is 14.3 Å².